The maximum atomic E-state index is 12.2. The standard InChI is InChI=1S/C21H29N3O4/c1-16(15-19(25)22-11-3-4-12-24-13-5-6-14-24)20(26)23-18-9-7-17(8-10-18)21(27)28-2/h7-10,15H,3-6,11-14H2,1-2H3,(H,22,25)(H,23,26)/b16-15+. The fraction of sp³-hybridized carbons (Fsp3) is 0.476. The summed E-state index contributed by atoms with van der Waals surface area (Å²) in [6, 6.07) is 6.35. The van der Waals surface area contributed by atoms with Crippen LogP contribution in [0.5, 0.6) is 0 Å². The van der Waals surface area contributed by atoms with E-state index < -0.39 is 5.97 Å². The third-order valence-corrected chi connectivity index (χ3v) is 4.67. The zero-order chi connectivity index (χ0) is 20.4. The Kier molecular flexibility index (Phi) is 8.68. The van der Waals surface area contributed by atoms with Crippen molar-refractivity contribution in [3.05, 3.63) is 41.5 Å². The zero-order valence-electron chi connectivity index (χ0n) is 16.6. The van der Waals surface area contributed by atoms with Crippen LogP contribution in [0.2, 0.25) is 0 Å². The fourth-order valence-corrected chi connectivity index (χ4v) is 3.03. The van der Waals surface area contributed by atoms with E-state index in [4.69, 9.17) is 0 Å². The monoisotopic (exact) mass is 387 g/mol. The van der Waals surface area contributed by atoms with Gasteiger partial charge in [0.15, 0.2) is 0 Å². The minimum Gasteiger partial charge on any atom is -0.465 e. The lowest BCUT2D eigenvalue weighted by Gasteiger charge is -2.13. The Morgan fingerprint density at radius 3 is 2.43 bits per heavy atom. The molecular formula is C21H29N3O4. The average Bonchev–Trinajstić information content (AvgIpc) is 3.21. The molecule has 0 bridgehead atoms. The molecule has 1 aliphatic rings. The second kappa shape index (κ2) is 11.2. The molecule has 2 rings (SSSR count). The molecular weight excluding hydrogens is 358 g/mol. The van der Waals surface area contributed by atoms with Crippen LogP contribution < -0.4 is 10.6 Å². The van der Waals surface area contributed by atoms with Crippen LogP contribution in [0, 0.1) is 0 Å². The van der Waals surface area contributed by atoms with Gasteiger partial charge in [-0.15, -0.1) is 0 Å². The molecule has 1 aliphatic heterocycles. The maximum Gasteiger partial charge on any atom is 0.337 e. The van der Waals surface area contributed by atoms with Gasteiger partial charge in [-0.25, -0.2) is 4.79 Å². The minimum absolute atomic E-state index is 0.269. The molecule has 0 radical (unpaired) electrons. The number of carbonyl (C=O) groups is 3. The summed E-state index contributed by atoms with van der Waals surface area (Å²) >= 11 is 0. The molecule has 7 heteroatoms. The van der Waals surface area contributed by atoms with Crippen LogP contribution in [-0.2, 0) is 14.3 Å². The smallest absolute Gasteiger partial charge is 0.337 e. The van der Waals surface area contributed by atoms with Gasteiger partial charge in [-0.1, -0.05) is 0 Å². The molecule has 0 saturated carbocycles. The van der Waals surface area contributed by atoms with E-state index in [1.54, 1.807) is 31.2 Å². The molecule has 28 heavy (non-hydrogen) atoms. The van der Waals surface area contributed by atoms with Crippen LogP contribution in [0.15, 0.2) is 35.9 Å². The lowest BCUT2D eigenvalue weighted by molar-refractivity contribution is -0.117. The summed E-state index contributed by atoms with van der Waals surface area (Å²) in [5, 5.41) is 5.51. The Labute approximate surface area is 166 Å². The molecule has 1 fully saturated rings. The minimum atomic E-state index is -0.439. The summed E-state index contributed by atoms with van der Waals surface area (Å²) in [5.74, 6) is -1.07. The van der Waals surface area contributed by atoms with E-state index >= 15 is 0 Å². The normalized spacial score (nSPS) is 14.6. The highest BCUT2D eigenvalue weighted by molar-refractivity contribution is 6.07. The number of ether oxygens (including phenoxy) is 1. The lowest BCUT2D eigenvalue weighted by Crippen LogP contribution is -2.25. The number of carbonyl (C=O) groups excluding carboxylic acids is 3. The first-order valence-corrected chi connectivity index (χ1v) is 9.68. The van der Waals surface area contributed by atoms with Gasteiger partial charge in [0.05, 0.1) is 12.7 Å². The second-order valence-electron chi connectivity index (χ2n) is 6.90. The summed E-state index contributed by atoms with van der Waals surface area (Å²) in [4.78, 5) is 38.0. The zero-order valence-corrected chi connectivity index (χ0v) is 16.6. The highest BCUT2D eigenvalue weighted by atomic mass is 16.5. The first kappa shape index (κ1) is 21.6. The van der Waals surface area contributed by atoms with Gasteiger partial charge in [0.2, 0.25) is 5.91 Å². The number of hydrogen-bond acceptors (Lipinski definition) is 5. The number of benzene rings is 1. The van der Waals surface area contributed by atoms with Gasteiger partial charge in [-0.2, -0.15) is 0 Å². The van der Waals surface area contributed by atoms with Gasteiger partial charge < -0.3 is 20.3 Å². The first-order chi connectivity index (χ1) is 13.5. The van der Waals surface area contributed by atoms with Gasteiger partial charge in [0.25, 0.3) is 5.91 Å². The molecule has 1 aromatic carbocycles. The molecule has 0 spiro atoms. The quantitative estimate of drug-likeness (QED) is 0.386. The van der Waals surface area contributed by atoms with Crippen LogP contribution in [0.4, 0.5) is 5.69 Å². The van der Waals surface area contributed by atoms with E-state index in [1.165, 1.54) is 39.1 Å². The van der Waals surface area contributed by atoms with E-state index in [9.17, 15) is 14.4 Å². The Balaban J connectivity index is 1.70. The summed E-state index contributed by atoms with van der Waals surface area (Å²) in [6.45, 7) is 5.66. The Bertz CT molecular complexity index is 707. The van der Waals surface area contributed by atoms with Crippen molar-refractivity contribution in [2.24, 2.45) is 0 Å². The van der Waals surface area contributed by atoms with Crippen molar-refractivity contribution in [3.8, 4) is 0 Å². The van der Waals surface area contributed by atoms with E-state index in [-0.39, 0.29) is 11.8 Å². The number of amides is 2. The van der Waals surface area contributed by atoms with Crippen molar-refractivity contribution in [2.45, 2.75) is 32.6 Å². The van der Waals surface area contributed by atoms with E-state index in [0.29, 0.717) is 23.4 Å². The third kappa shape index (κ3) is 7.15. The summed E-state index contributed by atoms with van der Waals surface area (Å²) in [5.41, 5.74) is 1.25. The van der Waals surface area contributed by atoms with Crippen molar-refractivity contribution in [3.63, 3.8) is 0 Å². The second-order valence-corrected chi connectivity index (χ2v) is 6.90. The molecule has 0 aromatic heterocycles. The van der Waals surface area contributed by atoms with Crippen LogP contribution in [0.1, 0.15) is 43.0 Å². The number of nitrogens with zero attached hydrogens (tertiary/aromatic N) is 1. The number of rotatable bonds is 9. The summed E-state index contributed by atoms with van der Waals surface area (Å²) < 4.78 is 4.63. The number of nitrogens with one attached hydrogen (secondary N) is 2. The number of anilines is 1. The predicted octanol–water partition coefficient (Wildman–Crippen LogP) is 2.35. The van der Waals surface area contributed by atoms with Gasteiger partial charge >= 0.3 is 5.97 Å². The van der Waals surface area contributed by atoms with E-state index in [2.05, 4.69) is 20.3 Å². The van der Waals surface area contributed by atoms with Crippen LogP contribution >= 0.6 is 0 Å². The Morgan fingerprint density at radius 2 is 1.79 bits per heavy atom. The molecule has 0 unspecified atom stereocenters. The Hall–Kier alpha value is -2.67. The Morgan fingerprint density at radius 1 is 1.11 bits per heavy atom. The van der Waals surface area contributed by atoms with Crippen LogP contribution in [0.25, 0.3) is 0 Å². The number of likely N-dealkylation sites (tertiary alicyclic amines) is 1. The summed E-state index contributed by atoms with van der Waals surface area (Å²) in [7, 11) is 1.31. The molecule has 1 heterocycles. The number of esters is 1. The van der Waals surface area contributed by atoms with Gasteiger partial charge in [0.1, 0.15) is 0 Å². The third-order valence-electron chi connectivity index (χ3n) is 4.67. The molecule has 0 aliphatic carbocycles. The van der Waals surface area contributed by atoms with Crippen molar-refractivity contribution in [2.75, 3.05) is 38.6 Å². The average molecular weight is 387 g/mol. The molecule has 152 valence electrons. The predicted molar refractivity (Wildman–Crippen MR) is 108 cm³/mol. The van der Waals surface area contributed by atoms with Crippen molar-refractivity contribution < 1.29 is 19.1 Å². The first-order valence-electron chi connectivity index (χ1n) is 9.68. The van der Waals surface area contributed by atoms with E-state index in [1.807, 2.05) is 0 Å². The van der Waals surface area contributed by atoms with Crippen molar-refractivity contribution >= 4 is 23.5 Å². The fourth-order valence-electron chi connectivity index (χ4n) is 3.03. The van der Waals surface area contributed by atoms with Crippen molar-refractivity contribution in [1.82, 2.24) is 10.2 Å². The van der Waals surface area contributed by atoms with Crippen molar-refractivity contribution in [1.29, 1.82) is 0 Å². The molecule has 7 nitrogen and oxygen atoms in total. The van der Waals surface area contributed by atoms with Gasteiger partial charge in [-0.3, -0.25) is 9.59 Å². The highest BCUT2D eigenvalue weighted by Crippen LogP contribution is 2.12. The van der Waals surface area contributed by atoms with Crippen LogP contribution in [-0.4, -0.2) is 56.0 Å². The molecule has 1 aromatic rings. The van der Waals surface area contributed by atoms with Gasteiger partial charge in [0, 0.05) is 23.9 Å². The maximum absolute atomic E-state index is 12.2. The summed E-state index contributed by atoms with van der Waals surface area (Å²) in [6.07, 6.45) is 5.87. The number of hydrogen-bond donors (Lipinski definition) is 2. The molecule has 1 saturated heterocycles. The number of methoxy groups -OCH3 is 1. The number of unbranched alkanes of at least 4 members (excludes halogenated alkanes) is 1. The van der Waals surface area contributed by atoms with E-state index in [0.717, 1.165) is 19.4 Å². The molecule has 2 amide bonds. The lowest BCUT2D eigenvalue weighted by atomic mass is 10.2. The van der Waals surface area contributed by atoms with Gasteiger partial charge in [-0.05, 0) is 76.5 Å². The molecule has 2 N–H and O–H groups in total. The van der Waals surface area contributed by atoms with Crippen LogP contribution in [0.3, 0.4) is 0 Å². The topological polar surface area (TPSA) is 87.7 Å². The SMILES string of the molecule is COC(=O)c1ccc(NC(=O)/C(C)=C/C(=O)NCCCCN2CCCC2)cc1. The highest BCUT2D eigenvalue weighted by Gasteiger charge is 2.11. The molecule has 0 atom stereocenters. The largest absolute Gasteiger partial charge is 0.465 e.